The SMILES string of the molecule is CCCCC(=O)[C@@H]1[C@H](C=O)[C@H]2C[C@@H]1[C@@H]1OOO[C@H]21. The number of ketones is 1. The fourth-order valence-electron chi connectivity index (χ4n) is 3.87. The molecule has 0 aromatic carbocycles. The van der Waals surface area contributed by atoms with Crippen molar-refractivity contribution in [2.75, 3.05) is 0 Å². The molecule has 5 nitrogen and oxygen atoms in total. The number of carbonyl (C=O) groups is 2. The van der Waals surface area contributed by atoms with Crippen molar-refractivity contribution in [1.29, 1.82) is 0 Å². The van der Waals surface area contributed by atoms with Crippen LogP contribution in [0, 0.1) is 23.7 Å². The highest BCUT2D eigenvalue weighted by Gasteiger charge is 2.64. The maximum Gasteiger partial charge on any atom is 0.137 e. The van der Waals surface area contributed by atoms with E-state index in [0.29, 0.717) is 6.42 Å². The van der Waals surface area contributed by atoms with Gasteiger partial charge in [-0.15, -0.1) is 0 Å². The van der Waals surface area contributed by atoms with Gasteiger partial charge in [0.2, 0.25) is 0 Å². The molecule has 2 bridgehead atoms. The van der Waals surface area contributed by atoms with Crippen molar-refractivity contribution < 1.29 is 24.4 Å². The maximum atomic E-state index is 12.3. The molecule has 2 saturated carbocycles. The summed E-state index contributed by atoms with van der Waals surface area (Å²) in [5, 5.41) is 4.57. The lowest BCUT2D eigenvalue weighted by molar-refractivity contribution is -0.470. The van der Waals surface area contributed by atoms with Crippen LogP contribution in [0.15, 0.2) is 0 Å². The van der Waals surface area contributed by atoms with Gasteiger partial charge in [0.1, 0.15) is 24.3 Å². The standard InChI is InChI=1S/C13H18O5/c1-2-3-4-10(15)11-8-5-7(9(11)6-14)12-13(8)17-18-16-12/h6-9,11-13H,2-5H2,1H3/t7-,8+,9-,11+,12-,13+/m1/s1. The minimum atomic E-state index is -0.217. The molecule has 0 spiro atoms. The van der Waals surface area contributed by atoms with Crippen molar-refractivity contribution in [2.24, 2.45) is 23.7 Å². The Morgan fingerprint density at radius 3 is 2.67 bits per heavy atom. The van der Waals surface area contributed by atoms with Gasteiger partial charge in [0.05, 0.1) is 0 Å². The van der Waals surface area contributed by atoms with Gasteiger partial charge in [0.15, 0.2) is 0 Å². The molecule has 0 aromatic heterocycles. The lowest BCUT2D eigenvalue weighted by Crippen LogP contribution is -2.43. The highest BCUT2D eigenvalue weighted by Crippen LogP contribution is 2.56. The number of Topliss-reactive ketones (excluding diaryl/α,β-unsaturated/α-hetero) is 1. The minimum absolute atomic E-state index is 0.0792. The van der Waals surface area contributed by atoms with Crippen molar-refractivity contribution in [3.8, 4) is 0 Å². The Hall–Kier alpha value is -0.780. The van der Waals surface area contributed by atoms with Gasteiger partial charge in [-0.25, -0.2) is 0 Å². The Labute approximate surface area is 106 Å². The van der Waals surface area contributed by atoms with Crippen LogP contribution in [0.4, 0.5) is 0 Å². The van der Waals surface area contributed by atoms with Gasteiger partial charge in [-0.2, -0.15) is 9.78 Å². The summed E-state index contributed by atoms with van der Waals surface area (Å²) < 4.78 is 0. The molecule has 0 aromatic rings. The number of carbonyl (C=O) groups excluding carboxylic acids is 2. The zero-order valence-corrected chi connectivity index (χ0v) is 10.4. The number of rotatable bonds is 5. The molecule has 1 heterocycles. The summed E-state index contributed by atoms with van der Waals surface area (Å²) in [6.07, 6.45) is 3.88. The molecular formula is C13H18O5. The zero-order chi connectivity index (χ0) is 12.7. The fraction of sp³-hybridized carbons (Fsp3) is 0.846. The topological polar surface area (TPSA) is 61.8 Å². The summed E-state index contributed by atoms with van der Waals surface area (Å²) in [6.45, 7) is 2.06. The van der Waals surface area contributed by atoms with E-state index in [1.165, 1.54) is 0 Å². The van der Waals surface area contributed by atoms with Crippen LogP contribution in [-0.4, -0.2) is 24.3 Å². The second kappa shape index (κ2) is 4.72. The summed E-state index contributed by atoms with van der Waals surface area (Å²) in [5.74, 6) is -0.0375. The zero-order valence-electron chi connectivity index (χ0n) is 10.4. The third-order valence-corrected chi connectivity index (χ3v) is 4.69. The Kier molecular flexibility index (Phi) is 3.21. The highest BCUT2D eigenvalue weighted by molar-refractivity contribution is 5.85. The van der Waals surface area contributed by atoms with Crippen molar-refractivity contribution in [3.05, 3.63) is 0 Å². The summed E-state index contributed by atoms with van der Waals surface area (Å²) in [4.78, 5) is 33.7. The third-order valence-electron chi connectivity index (χ3n) is 4.69. The van der Waals surface area contributed by atoms with Crippen LogP contribution in [0.3, 0.4) is 0 Å². The fourth-order valence-corrected chi connectivity index (χ4v) is 3.87. The van der Waals surface area contributed by atoms with Gasteiger partial charge in [-0.05, 0) is 12.8 Å². The molecule has 6 atom stereocenters. The van der Waals surface area contributed by atoms with Crippen molar-refractivity contribution in [3.63, 3.8) is 0 Å². The van der Waals surface area contributed by atoms with E-state index < -0.39 is 0 Å². The van der Waals surface area contributed by atoms with Gasteiger partial charge < -0.3 is 4.79 Å². The molecule has 100 valence electrons. The number of unbranched alkanes of at least 4 members (excludes halogenated alkanes) is 1. The molecule has 0 N–H and O–H groups in total. The first-order chi connectivity index (χ1) is 8.77. The van der Waals surface area contributed by atoms with Gasteiger partial charge >= 0.3 is 0 Å². The molecular weight excluding hydrogens is 236 g/mol. The number of hydrogen-bond acceptors (Lipinski definition) is 5. The minimum Gasteiger partial charge on any atom is -0.303 e. The van der Waals surface area contributed by atoms with E-state index in [9.17, 15) is 9.59 Å². The van der Waals surface area contributed by atoms with Crippen LogP contribution in [-0.2, 0) is 24.4 Å². The van der Waals surface area contributed by atoms with Crippen LogP contribution in [0.1, 0.15) is 32.6 Å². The Balaban J connectivity index is 1.77. The smallest absolute Gasteiger partial charge is 0.137 e. The predicted octanol–water partition coefficient (Wildman–Crippen LogP) is 1.46. The third kappa shape index (κ3) is 1.65. The molecule has 3 rings (SSSR count). The van der Waals surface area contributed by atoms with E-state index in [0.717, 1.165) is 25.5 Å². The average molecular weight is 254 g/mol. The lowest BCUT2D eigenvalue weighted by atomic mass is 9.74. The van der Waals surface area contributed by atoms with Crippen LogP contribution in [0.2, 0.25) is 0 Å². The number of hydrogen-bond donors (Lipinski definition) is 0. The van der Waals surface area contributed by atoms with Crippen molar-refractivity contribution in [1.82, 2.24) is 0 Å². The highest BCUT2D eigenvalue weighted by atomic mass is 17.5. The van der Waals surface area contributed by atoms with Crippen LogP contribution in [0.25, 0.3) is 0 Å². The second-order valence-corrected chi connectivity index (χ2v) is 5.56. The summed E-state index contributed by atoms with van der Waals surface area (Å²) in [6, 6.07) is 0. The molecule has 2 aliphatic carbocycles. The summed E-state index contributed by atoms with van der Waals surface area (Å²) in [7, 11) is 0. The molecule has 1 saturated heterocycles. The largest absolute Gasteiger partial charge is 0.303 e. The van der Waals surface area contributed by atoms with Gasteiger partial charge in [-0.1, -0.05) is 18.4 Å². The number of aldehydes is 1. The first-order valence-corrected chi connectivity index (χ1v) is 6.74. The molecule has 3 fully saturated rings. The summed E-state index contributed by atoms with van der Waals surface area (Å²) >= 11 is 0. The average Bonchev–Trinajstić information content (AvgIpc) is 3.04. The predicted molar refractivity (Wildman–Crippen MR) is 60.0 cm³/mol. The second-order valence-electron chi connectivity index (χ2n) is 5.56. The van der Waals surface area contributed by atoms with E-state index in [-0.39, 0.29) is 41.7 Å². The van der Waals surface area contributed by atoms with Gasteiger partial charge in [0, 0.05) is 30.1 Å². The first kappa shape index (κ1) is 12.3. The quantitative estimate of drug-likeness (QED) is 0.549. The van der Waals surface area contributed by atoms with E-state index in [1.807, 2.05) is 0 Å². The van der Waals surface area contributed by atoms with Crippen LogP contribution < -0.4 is 0 Å². The molecule has 0 unspecified atom stereocenters. The number of fused-ring (bicyclic) bond motifs is 5. The molecule has 5 heteroatoms. The molecule has 18 heavy (non-hydrogen) atoms. The first-order valence-electron chi connectivity index (χ1n) is 6.74. The van der Waals surface area contributed by atoms with E-state index >= 15 is 0 Å². The Bertz CT molecular complexity index is 355. The Morgan fingerprint density at radius 1 is 1.28 bits per heavy atom. The molecule has 3 aliphatic rings. The lowest BCUT2D eigenvalue weighted by Gasteiger charge is -2.30. The summed E-state index contributed by atoms with van der Waals surface area (Å²) in [5.41, 5.74) is 0. The Morgan fingerprint density at radius 2 is 2.00 bits per heavy atom. The van der Waals surface area contributed by atoms with E-state index in [1.54, 1.807) is 0 Å². The van der Waals surface area contributed by atoms with Crippen molar-refractivity contribution >= 4 is 12.1 Å². The van der Waals surface area contributed by atoms with Gasteiger partial charge in [0.25, 0.3) is 0 Å². The molecule has 0 amide bonds. The van der Waals surface area contributed by atoms with E-state index in [4.69, 9.17) is 9.78 Å². The van der Waals surface area contributed by atoms with Crippen LogP contribution in [0.5, 0.6) is 0 Å². The maximum absolute atomic E-state index is 12.3. The monoisotopic (exact) mass is 254 g/mol. The van der Waals surface area contributed by atoms with Gasteiger partial charge in [-0.3, -0.25) is 4.79 Å². The van der Waals surface area contributed by atoms with E-state index in [2.05, 4.69) is 12.0 Å². The molecule has 1 aliphatic heterocycles. The van der Waals surface area contributed by atoms with Crippen molar-refractivity contribution in [2.45, 2.75) is 44.8 Å². The normalized spacial score (nSPS) is 45.2. The molecule has 0 radical (unpaired) electrons. The van der Waals surface area contributed by atoms with Crippen LogP contribution >= 0.6 is 0 Å².